The third-order valence-electron chi connectivity index (χ3n) is 5.81. The molecule has 0 N–H and O–H groups in total. The van der Waals surface area contributed by atoms with Crippen LogP contribution in [0.1, 0.15) is 51.0 Å². The van der Waals surface area contributed by atoms with E-state index in [2.05, 4.69) is 49.6 Å². The van der Waals surface area contributed by atoms with Crippen molar-refractivity contribution in [1.82, 2.24) is 4.68 Å². The molecule has 4 rings (SSSR count). The zero-order chi connectivity index (χ0) is 22.5. The number of nitrogens with zero attached hydrogens (tertiary/aromatic N) is 3. The van der Waals surface area contributed by atoms with Gasteiger partial charge in [0.2, 0.25) is 4.80 Å². The van der Waals surface area contributed by atoms with E-state index < -0.39 is 0 Å². The summed E-state index contributed by atoms with van der Waals surface area (Å²) in [4.78, 5) is 5.74. The molecule has 1 aliphatic rings. The predicted octanol–water partition coefficient (Wildman–Crippen LogP) is 6.10. The van der Waals surface area contributed by atoms with Crippen LogP contribution in [0.5, 0.6) is 11.5 Å². The maximum absolute atomic E-state index is 5.67. The van der Waals surface area contributed by atoms with Gasteiger partial charge in [-0.05, 0) is 63.1 Å². The van der Waals surface area contributed by atoms with E-state index in [4.69, 9.17) is 19.6 Å². The van der Waals surface area contributed by atoms with Crippen LogP contribution in [0.15, 0.2) is 64.0 Å². The van der Waals surface area contributed by atoms with Crippen LogP contribution < -0.4 is 14.3 Å². The fourth-order valence-electron chi connectivity index (χ4n) is 4.15. The zero-order valence-electron chi connectivity index (χ0n) is 19.2. The van der Waals surface area contributed by atoms with Gasteiger partial charge in [0.05, 0.1) is 19.9 Å². The topological polar surface area (TPSA) is 48.1 Å². The highest BCUT2D eigenvalue weighted by Gasteiger charge is 2.20. The van der Waals surface area contributed by atoms with Crippen LogP contribution in [-0.4, -0.2) is 30.6 Å². The van der Waals surface area contributed by atoms with Gasteiger partial charge in [-0.25, -0.2) is 4.68 Å². The molecule has 0 unspecified atom stereocenters. The second-order valence-corrected chi connectivity index (χ2v) is 9.19. The number of thiazole rings is 1. The molecule has 1 saturated carbocycles. The monoisotopic (exact) mass is 449 g/mol. The van der Waals surface area contributed by atoms with Gasteiger partial charge in [-0.1, -0.05) is 30.3 Å². The Morgan fingerprint density at radius 3 is 2.41 bits per heavy atom. The van der Waals surface area contributed by atoms with Crippen LogP contribution in [0.25, 0.3) is 11.3 Å². The third-order valence-corrected chi connectivity index (χ3v) is 6.64. The van der Waals surface area contributed by atoms with E-state index in [0.29, 0.717) is 5.92 Å². The Morgan fingerprint density at radius 1 is 1.00 bits per heavy atom. The van der Waals surface area contributed by atoms with Crippen molar-refractivity contribution >= 4 is 17.0 Å². The molecule has 168 valence electrons. The number of hydrogen-bond acceptors (Lipinski definition) is 5. The fraction of sp³-hybridized carbons (Fsp3) is 0.385. The number of aromatic nitrogens is 1. The average molecular weight is 450 g/mol. The summed E-state index contributed by atoms with van der Waals surface area (Å²) in [6.45, 7) is 4.19. The molecule has 1 heterocycles. The summed E-state index contributed by atoms with van der Waals surface area (Å²) in [5, 5.41) is 7.23. The van der Waals surface area contributed by atoms with Gasteiger partial charge in [-0.15, -0.1) is 11.3 Å². The quantitative estimate of drug-likeness (QED) is 0.456. The van der Waals surface area contributed by atoms with Crippen molar-refractivity contribution in [2.45, 2.75) is 51.5 Å². The first-order valence-electron chi connectivity index (χ1n) is 11.2. The van der Waals surface area contributed by atoms with Crippen LogP contribution in [-0.2, 0) is 0 Å². The maximum atomic E-state index is 5.67. The highest BCUT2D eigenvalue weighted by Crippen LogP contribution is 2.35. The average Bonchev–Trinajstić information content (AvgIpc) is 3.20. The van der Waals surface area contributed by atoms with Crippen molar-refractivity contribution in [2.75, 3.05) is 14.2 Å². The molecule has 1 aromatic heterocycles. The summed E-state index contributed by atoms with van der Waals surface area (Å²) in [5.74, 6) is 2.15. The lowest BCUT2D eigenvalue weighted by Crippen LogP contribution is -2.19. The summed E-state index contributed by atoms with van der Waals surface area (Å²) in [6.07, 6.45) is 4.27. The van der Waals surface area contributed by atoms with Gasteiger partial charge in [-0.2, -0.15) is 5.10 Å². The zero-order valence-corrected chi connectivity index (χ0v) is 20.1. The van der Waals surface area contributed by atoms with Crippen molar-refractivity contribution in [2.24, 2.45) is 10.1 Å². The lowest BCUT2D eigenvalue weighted by Gasteiger charge is -2.23. The predicted molar refractivity (Wildman–Crippen MR) is 132 cm³/mol. The van der Waals surface area contributed by atoms with E-state index >= 15 is 0 Å². The second-order valence-electron chi connectivity index (χ2n) is 8.36. The van der Waals surface area contributed by atoms with Crippen LogP contribution in [0, 0.1) is 0 Å². The summed E-state index contributed by atoms with van der Waals surface area (Å²) >= 11 is 1.62. The lowest BCUT2D eigenvalue weighted by molar-refractivity contribution is 0.395. The van der Waals surface area contributed by atoms with Crippen LogP contribution in [0.2, 0.25) is 0 Å². The van der Waals surface area contributed by atoms with Crippen LogP contribution in [0.4, 0.5) is 0 Å². The smallest absolute Gasteiger partial charge is 0.206 e. The first-order chi connectivity index (χ1) is 15.6. The van der Waals surface area contributed by atoms with Crippen LogP contribution in [0.3, 0.4) is 0 Å². The van der Waals surface area contributed by atoms with E-state index in [1.54, 1.807) is 25.6 Å². The molecule has 0 spiro atoms. The number of rotatable bonds is 6. The first kappa shape index (κ1) is 22.3. The molecule has 0 radical (unpaired) electrons. The van der Waals surface area contributed by atoms with E-state index in [1.165, 1.54) is 11.3 Å². The summed E-state index contributed by atoms with van der Waals surface area (Å²) in [6, 6.07) is 16.9. The van der Waals surface area contributed by atoms with E-state index in [1.807, 2.05) is 22.9 Å². The Balaban J connectivity index is 1.69. The van der Waals surface area contributed by atoms with Crippen molar-refractivity contribution < 1.29 is 9.47 Å². The molecule has 3 aromatic rings. The standard InChI is InChI=1S/C26H31N3O2S/c1-18(2)27-26-29(24(17-32-26)23-15-14-22(30-3)16-25(23)31-4)28-21-12-10-20(11-13-21)19-8-6-5-7-9-19/h5-9,14-18,20H,10-13H2,1-4H3. The highest BCUT2D eigenvalue weighted by molar-refractivity contribution is 7.07. The SMILES string of the molecule is COc1ccc(-c2csc(=NC(C)C)n2N=C2CCC(c3ccccc3)CC2)c(OC)c1. The molecular formula is C26H31N3O2S. The highest BCUT2D eigenvalue weighted by atomic mass is 32.1. The maximum Gasteiger partial charge on any atom is 0.206 e. The Hall–Kier alpha value is -2.86. The van der Waals surface area contributed by atoms with Crippen molar-refractivity contribution in [1.29, 1.82) is 0 Å². The minimum absolute atomic E-state index is 0.194. The van der Waals surface area contributed by atoms with E-state index in [-0.39, 0.29) is 6.04 Å². The van der Waals surface area contributed by atoms with Crippen molar-refractivity contribution in [3.63, 3.8) is 0 Å². The van der Waals surface area contributed by atoms with Gasteiger partial charge in [0.1, 0.15) is 11.5 Å². The molecule has 1 aliphatic carbocycles. The molecule has 0 amide bonds. The Kier molecular flexibility index (Phi) is 7.10. The van der Waals surface area contributed by atoms with Gasteiger partial charge < -0.3 is 9.47 Å². The number of benzene rings is 2. The largest absolute Gasteiger partial charge is 0.497 e. The van der Waals surface area contributed by atoms with Gasteiger partial charge >= 0.3 is 0 Å². The lowest BCUT2D eigenvalue weighted by atomic mass is 9.83. The Bertz CT molecular complexity index is 1140. The Morgan fingerprint density at radius 2 is 1.75 bits per heavy atom. The van der Waals surface area contributed by atoms with Crippen LogP contribution >= 0.6 is 11.3 Å². The molecule has 1 fully saturated rings. The van der Waals surface area contributed by atoms with E-state index in [9.17, 15) is 0 Å². The number of ether oxygens (including phenoxy) is 2. The molecule has 0 aliphatic heterocycles. The minimum Gasteiger partial charge on any atom is -0.497 e. The van der Waals surface area contributed by atoms with Crippen molar-refractivity contribution in [3.05, 3.63) is 64.3 Å². The summed E-state index contributed by atoms with van der Waals surface area (Å²) in [5.41, 5.74) is 4.65. The van der Waals surface area contributed by atoms with Gasteiger partial charge in [-0.3, -0.25) is 4.99 Å². The second kappa shape index (κ2) is 10.2. The molecule has 0 bridgehead atoms. The molecular weight excluding hydrogens is 418 g/mol. The van der Waals surface area contributed by atoms with Gasteiger partial charge in [0.15, 0.2) is 0 Å². The number of hydrogen-bond donors (Lipinski definition) is 0. The van der Waals surface area contributed by atoms with E-state index in [0.717, 1.165) is 53.2 Å². The number of methoxy groups -OCH3 is 2. The molecule has 2 aromatic carbocycles. The molecule has 32 heavy (non-hydrogen) atoms. The molecule has 5 nitrogen and oxygen atoms in total. The fourth-order valence-corrected chi connectivity index (χ4v) is 5.11. The van der Waals surface area contributed by atoms with Gasteiger partial charge in [0.25, 0.3) is 0 Å². The van der Waals surface area contributed by atoms with Crippen molar-refractivity contribution in [3.8, 4) is 22.8 Å². The minimum atomic E-state index is 0.194. The summed E-state index contributed by atoms with van der Waals surface area (Å²) in [7, 11) is 3.35. The normalized spacial score (nSPS) is 17.0. The van der Waals surface area contributed by atoms with Gasteiger partial charge in [0, 0.05) is 28.8 Å². The molecule has 0 atom stereocenters. The Labute approximate surface area is 194 Å². The molecule has 0 saturated heterocycles. The first-order valence-corrected chi connectivity index (χ1v) is 12.1. The third kappa shape index (κ3) is 4.96. The summed E-state index contributed by atoms with van der Waals surface area (Å²) < 4.78 is 13.1. The molecule has 6 heteroatoms.